The first-order valence-corrected chi connectivity index (χ1v) is 11.3. The van der Waals surface area contributed by atoms with Crippen molar-refractivity contribution in [1.29, 1.82) is 5.26 Å². The molecule has 0 bridgehead atoms. The van der Waals surface area contributed by atoms with Gasteiger partial charge in [-0.3, -0.25) is 4.79 Å². The third-order valence-electron chi connectivity index (χ3n) is 4.56. The minimum absolute atomic E-state index is 0.195. The number of ether oxygens (including phenoxy) is 1. The van der Waals surface area contributed by atoms with E-state index in [0.717, 1.165) is 24.6 Å². The number of amides is 1. The molecule has 1 aromatic heterocycles. The van der Waals surface area contributed by atoms with E-state index in [1.165, 1.54) is 0 Å². The van der Waals surface area contributed by atoms with E-state index in [4.69, 9.17) is 9.15 Å². The molecule has 32 heavy (non-hydrogen) atoms. The van der Waals surface area contributed by atoms with E-state index in [9.17, 15) is 10.1 Å². The van der Waals surface area contributed by atoms with Crippen molar-refractivity contribution in [1.82, 2.24) is 5.43 Å². The average Bonchev–Trinajstić information content (AvgIpc) is 3.23. The number of benzene rings is 3. The summed E-state index contributed by atoms with van der Waals surface area (Å²) in [4.78, 5) is 12.3. The Morgan fingerprint density at radius 1 is 1.19 bits per heavy atom. The molecule has 1 heterocycles. The van der Waals surface area contributed by atoms with Crippen LogP contribution in [0.5, 0.6) is 5.75 Å². The van der Waals surface area contributed by atoms with Gasteiger partial charge in [0.2, 0.25) is 0 Å². The first kappa shape index (κ1) is 22.0. The molecule has 0 unspecified atom stereocenters. The summed E-state index contributed by atoms with van der Waals surface area (Å²) in [6.45, 7) is 0.277. The van der Waals surface area contributed by atoms with Crippen LogP contribution in [-0.4, -0.2) is 12.1 Å². The summed E-state index contributed by atoms with van der Waals surface area (Å²) in [7, 11) is 0. The van der Waals surface area contributed by atoms with Crippen LogP contribution in [0.2, 0.25) is 0 Å². The minimum Gasteiger partial charge on any atom is -0.487 e. The highest BCUT2D eigenvalue weighted by Crippen LogP contribution is 2.32. The summed E-state index contributed by atoms with van der Waals surface area (Å²) in [5.41, 5.74) is 5.30. The molecule has 4 aromatic rings. The lowest BCUT2D eigenvalue weighted by molar-refractivity contribution is 0.0929. The normalized spacial score (nSPS) is 10.9. The third kappa shape index (κ3) is 5.00. The van der Waals surface area contributed by atoms with E-state index in [0.29, 0.717) is 16.9 Å². The Kier molecular flexibility index (Phi) is 6.87. The Hall–Kier alpha value is -3.16. The van der Waals surface area contributed by atoms with Gasteiger partial charge in [-0.05, 0) is 74.4 Å². The van der Waals surface area contributed by atoms with Gasteiger partial charge in [0, 0.05) is 10.9 Å². The quantitative estimate of drug-likeness (QED) is 0.167. The molecule has 0 aliphatic carbocycles. The van der Waals surface area contributed by atoms with Gasteiger partial charge < -0.3 is 9.15 Å². The van der Waals surface area contributed by atoms with Gasteiger partial charge in [-0.2, -0.15) is 10.4 Å². The van der Waals surface area contributed by atoms with E-state index in [1.807, 2.05) is 48.5 Å². The minimum atomic E-state index is -0.428. The second-order valence-electron chi connectivity index (χ2n) is 6.72. The zero-order chi connectivity index (χ0) is 22.5. The number of halogens is 2. The number of nitrogens with zero attached hydrogens (tertiary/aromatic N) is 2. The van der Waals surface area contributed by atoms with E-state index in [1.54, 1.807) is 24.4 Å². The van der Waals surface area contributed by atoms with Crippen LogP contribution in [0.3, 0.4) is 0 Å². The van der Waals surface area contributed by atoms with Crippen molar-refractivity contribution in [3.8, 4) is 11.8 Å². The molecule has 0 spiro atoms. The number of fused-ring (bicyclic) bond motifs is 1. The third-order valence-corrected chi connectivity index (χ3v) is 5.95. The van der Waals surface area contributed by atoms with Crippen molar-refractivity contribution >= 4 is 61.6 Å². The number of carbonyl (C=O) groups excluding carboxylic acids is 1. The van der Waals surface area contributed by atoms with E-state index < -0.39 is 5.91 Å². The maximum atomic E-state index is 12.3. The van der Waals surface area contributed by atoms with Crippen molar-refractivity contribution in [3.05, 3.63) is 97.2 Å². The summed E-state index contributed by atoms with van der Waals surface area (Å²) in [6.07, 6.45) is 1.54. The van der Waals surface area contributed by atoms with Crippen LogP contribution < -0.4 is 10.2 Å². The molecule has 6 nitrogen and oxygen atoms in total. The Balaban J connectivity index is 1.42. The molecule has 158 valence electrons. The summed E-state index contributed by atoms with van der Waals surface area (Å²) < 4.78 is 13.1. The molecule has 0 aliphatic heterocycles. The van der Waals surface area contributed by atoms with Gasteiger partial charge in [-0.1, -0.05) is 36.4 Å². The van der Waals surface area contributed by atoms with Gasteiger partial charge in [-0.25, -0.2) is 5.43 Å². The van der Waals surface area contributed by atoms with Crippen molar-refractivity contribution in [3.63, 3.8) is 0 Å². The lowest BCUT2D eigenvalue weighted by Crippen LogP contribution is -2.16. The van der Waals surface area contributed by atoms with E-state index >= 15 is 0 Å². The Morgan fingerprint density at radius 2 is 1.97 bits per heavy atom. The molecule has 8 heteroatoms. The topological polar surface area (TPSA) is 87.6 Å². The highest BCUT2D eigenvalue weighted by atomic mass is 127. The smallest absolute Gasteiger partial charge is 0.307 e. The predicted molar refractivity (Wildman–Crippen MR) is 134 cm³/mol. The van der Waals surface area contributed by atoms with Gasteiger partial charge >= 0.3 is 5.91 Å². The van der Waals surface area contributed by atoms with Crippen LogP contribution in [0, 0.1) is 14.9 Å². The number of nitrogens with one attached hydrogen (secondary N) is 1. The molecule has 3 aromatic carbocycles. The second-order valence-corrected chi connectivity index (χ2v) is 8.74. The Morgan fingerprint density at radius 3 is 2.75 bits per heavy atom. The Bertz CT molecular complexity index is 1320. The molecule has 1 N–H and O–H groups in total. The van der Waals surface area contributed by atoms with Crippen molar-refractivity contribution in [2.75, 3.05) is 0 Å². The number of para-hydroxylation sites is 1. The molecular weight excluding hydrogens is 585 g/mol. The molecule has 0 aliphatic rings. The number of rotatable bonds is 6. The fourth-order valence-electron chi connectivity index (χ4n) is 3.01. The molecule has 0 fully saturated rings. The predicted octanol–water partition coefficient (Wildman–Crippen LogP) is 6.01. The van der Waals surface area contributed by atoms with Crippen molar-refractivity contribution in [2.45, 2.75) is 6.61 Å². The van der Waals surface area contributed by atoms with Crippen molar-refractivity contribution < 1.29 is 13.9 Å². The molecule has 4 rings (SSSR count). The summed E-state index contributed by atoms with van der Waals surface area (Å²) in [6, 6.07) is 22.3. The number of nitriles is 1. The Labute approximate surface area is 206 Å². The summed E-state index contributed by atoms with van der Waals surface area (Å²) in [5.74, 6) is 0.435. The monoisotopic (exact) mass is 599 g/mol. The highest BCUT2D eigenvalue weighted by Gasteiger charge is 2.12. The molecule has 0 saturated heterocycles. The van der Waals surface area contributed by atoms with E-state index in [-0.39, 0.29) is 12.4 Å². The highest BCUT2D eigenvalue weighted by molar-refractivity contribution is 14.1. The van der Waals surface area contributed by atoms with Crippen molar-refractivity contribution in [2.24, 2.45) is 5.10 Å². The van der Waals surface area contributed by atoms with Crippen LogP contribution in [0.4, 0.5) is 0 Å². The van der Waals surface area contributed by atoms with Gasteiger partial charge in [0.05, 0.1) is 25.9 Å². The SMILES string of the molecule is N#Cc1ccccc1COc1c(Br)cc(/C=N/NC(=O)c2cc3ccccc3o2)cc1I. The summed E-state index contributed by atoms with van der Waals surface area (Å²) >= 11 is 5.70. The largest absolute Gasteiger partial charge is 0.487 e. The number of hydrazone groups is 1. The van der Waals surface area contributed by atoms with Crippen LogP contribution in [0.25, 0.3) is 11.0 Å². The zero-order valence-corrected chi connectivity index (χ0v) is 20.3. The molecular formula is C24H15BrIN3O3. The van der Waals surface area contributed by atoms with Gasteiger partial charge in [0.1, 0.15) is 17.9 Å². The fourth-order valence-corrected chi connectivity index (χ4v) is 4.78. The van der Waals surface area contributed by atoms with Crippen LogP contribution in [-0.2, 0) is 6.61 Å². The van der Waals surface area contributed by atoms with Gasteiger partial charge in [0.15, 0.2) is 5.76 Å². The summed E-state index contributed by atoms with van der Waals surface area (Å²) in [5, 5.41) is 14.1. The molecule has 0 saturated carbocycles. The first-order valence-electron chi connectivity index (χ1n) is 9.47. The number of furan rings is 1. The number of hydrogen-bond acceptors (Lipinski definition) is 5. The lowest BCUT2D eigenvalue weighted by atomic mass is 10.1. The lowest BCUT2D eigenvalue weighted by Gasteiger charge is -2.12. The number of hydrogen-bond donors (Lipinski definition) is 1. The zero-order valence-electron chi connectivity index (χ0n) is 16.5. The van der Waals surface area contributed by atoms with Gasteiger partial charge in [-0.15, -0.1) is 0 Å². The van der Waals surface area contributed by atoms with Gasteiger partial charge in [0.25, 0.3) is 0 Å². The van der Waals surface area contributed by atoms with E-state index in [2.05, 4.69) is 55.1 Å². The molecule has 0 radical (unpaired) electrons. The second kappa shape index (κ2) is 9.97. The molecule has 1 amide bonds. The van der Waals surface area contributed by atoms with Crippen LogP contribution in [0.1, 0.15) is 27.2 Å². The standard InChI is InChI=1S/C24H15BrIN3O3/c25-19-9-15(10-20(26)23(19)31-14-18-7-2-1-6-17(18)12-27)13-28-29-24(30)22-11-16-5-3-4-8-21(16)32-22/h1-11,13H,14H2,(H,29,30)/b28-13+. The first-order chi connectivity index (χ1) is 15.5. The fraction of sp³-hybridized carbons (Fsp3) is 0.0417. The maximum Gasteiger partial charge on any atom is 0.307 e. The maximum absolute atomic E-state index is 12.3. The van der Waals surface area contributed by atoms with Crippen LogP contribution >= 0.6 is 38.5 Å². The average molecular weight is 600 g/mol. The van der Waals surface area contributed by atoms with Crippen LogP contribution in [0.15, 0.2) is 80.7 Å². The number of carbonyl (C=O) groups is 1. The molecule has 0 atom stereocenters.